The average Bonchev–Trinajstić information content (AvgIpc) is 3.57. The number of rotatable bonds is 7. The van der Waals surface area contributed by atoms with Crippen LogP contribution in [-0.4, -0.2) is 41.3 Å². The maximum absolute atomic E-state index is 13.1. The van der Waals surface area contributed by atoms with Gasteiger partial charge in [0, 0.05) is 32.9 Å². The van der Waals surface area contributed by atoms with E-state index in [1.165, 1.54) is 6.07 Å². The predicted octanol–water partition coefficient (Wildman–Crippen LogP) is 5.43. The quantitative estimate of drug-likeness (QED) is 0.269. The molecule has 0 saturated carbocycles. The van der Waals surface area contributed by atoms with E-state index in [1.807, 2.05) is 0 Å². The van der Waals surface area contributed by atoms with Gasteiger partial charge in [-0.25, -0.2) is 0 Å². The Morgan fingerprint density at radius 3 is 2.33 bits per heavy atom. The van der Waals surface area contributed by atoms with E-state index >= 15 is 0 Å². The summed E-state index contributed by atoms with van der Waals surface area (Å²) in [4.78, 5) is 16.0. The Labute approximate surface area is 229 Å². The lowest BCUT2D eigenvalue weighted by Gasteiger charge is -2.10. The van der Waals surface area contributed by atoms with E-state index in [9.17, 15) is 18.0 Å². The first kappa shape index (κ1) is 26.3. The van der Waals surface area contributed by atoms with Crippen LogP contribution in [0.1, 0.15) is 27.4 Å². The smallest absolute Gasteiger partial charge is 0.345 e. The van der Waals surface area contributed by atoms with Crippen molar-refractivity contribution >= 4 is 29.1 Å². The number of carbonyl (C=O) groups excluding carboxylic acids is 1. The number of tetrazole rings is 1. The monoisotopic (exact) mass is 572 g/mol. The Bertz CT molecular complexity index is 1580. The van der Waals surface area contributed by atoms with E-state index in [-0.39, 0.29) is 19.0 Å². The van der Waals surface area contributed by atoms with Crippen molar-refractivity contribution in [1.29, 1.82) is 0 Å². The first-order valence-corrected chi connectivity index (χ1v) is 12.1. The number of benzene rings is 2. The minimum absolute atomic E-state index is 0.116. The number of nitrogens with zero attached hydrogens (tertiary/aromatic N) is 6. The van der Waals surface area contributed by atoms with Crippen molar-refractivity contribution in [1.82, 2.24) is 40.7 Å². The predicted molar refractivity (Wildman–Crippen MR) is 137 cm³/mol. The summed E-state index contributed by atoms with van der Waals surface area (Å²) in [7, 11) is 0. The van der Waals surface area contributed by atoms with Gasteiger partial charge in [0.1, 0.15) is 5.69 Å². The van der Waals surface area contributed by atoms with Gasteiger partial charge in [-0.1, -0.05) is 40.5 Å². The lowest BCUT2D eigenvalue weighted by molar-refractivity contribution is -0.141. The zero-order valence-electron chi connectivity index (χ0n) is 19.7. The van der Waals surface area contributed by atoms with E-state index < -0.39 is 11.9 Å². The lowest BCUT2D eigenvalue weighted by atomic mass is 10.1. The molecule has 2 N–H and O–H groups in total. The maximum Gasteiger partial charge on any atom is 0.433 e. The Balaban J connectivity index is 1.43. The number of H-pyrrole nitrogens is 1. The number of halogens is 5. The van der Waals surface area contributed by atoms with Crippen LogP contribution < -0.4 is 5.32 Å². The normalized spacial score (nSPS) is 11.5. The summed E-state index contributed by atoms with van der Waals surface area (Å²) in [6.07, 6.45) is -3.40. The van der Waals surface area contributed by atoms with Crippen molar-refractivity contribution in [2.75, 3.05) is 0 Å². The molecule has 0 spiro atoms. The third-order valence-corrected chi connectivity index (χ3v) is 6.07. The largest absolute Gasteiger partial charge is 0.433 e. The molecule has 0 aliphatic rings. The lowest BCUT2D eigenvalue weighted by Crippen LogP contribution is -2.23. The minimum Gasteiger partial charge on any atom is -0.345 e. The number of aromatic amines is 1. The number of pyridine rings is 1. The van der Waals surface area contributed by atoms with Crippen molar-refractivity contribution in [3.8, 4) is 22.5 Å². The van der Waals surface area contributed by atoms with E-state index in [0.717, 1.165) is 17.8 Å². The van der Waals surface area contributed by atoms with Crippen LogP contribution in [0.5, 0.6) is 0 Å². The van der Waals surface area contributed by atoms with Crippen LogP contribution in [0, 0.1) is 0 Å². The van der Waals surface area contributed by atoms with Crippen molar-refractivity contribution in [2.45, 2.75) is 19.3 Å². The van der Waals surface area contributed by atoms with Crippen LogP contribution in [0.4, 0.5) is 13.2 Å². The molecule has 0 aliphatic carbocycles. The first-order valence-electron chi connectivity index (χ1n) is 11.3. The molecule has 0 bridgehead atoms. The van der Waals surface area contributed by atoms with E-state index in [1.54, 1.807) is 53.2 Å². The molecule has 39 heavy (non-hydrogen) atoms. The van der Waals surface area contributed by atoms with E-state index in [2.05, 4.69) is 36.0 Å². The molecule has 0 unspecified atom stereocenters. The number of alkyl halides is 3. The standard InChI is InChI=1S/C25H17Cl2F3N8O/c26-18-7-17(8-19(27)9-18)20-10-21(16-5-6-22(31-11-16)25(28,29)30)38(35-20)13-14-1-3-15(4-2-14)24(39)32-12-23-33-36-37-34-23/h1-11H,12-13H2,(H,32,39)(H,33,34,36,37). The van der Waals surface area contributed by atoms with Gasteiger partial charge < -0.3 is 5.32 Å². The first-order chi connectivity index (χ1) is 18.7. The number of carbonyl (C=O) groups is 1. The number of nitrogens with one attached hydrogen (secondary N) is 2. The van der Waals surface area contributed by atoms with Crippen LogP contribution in [-0.2, 0) is 19.3 Å². The summed E-state index contributed by atoms with van der Waals surface area (Å²) in [5.74, 6) is 0.0304. The molecule has 3 heterocycles. The third kappa shape index (κ3) is 6.24. The Hall–Kier alpha value is -4.29. The fourth-order valence-electron chi connectivity index (χ4n) is 3.78. The van der Waals surface area contributed by atoms with Crippen molar-refractivity contribution in [2.24, 2.45) is 0 Å². The Morgan fingerprint density at radius 2 is 1.72 bits per heavy atom. The highest BCUT2D eigenvalue weighted by molar-refractivity contribution is 6.35. The second kappa shape index (κ2) is 10.8. The molecule has 2 aromatic carbocycles. The van der Waals surface area contributed by atoms with Gasteiger partial charge in [-0.2, -0.15) is 23.5 Å². The zero-order valence-corrected chi connectivity index (χ0v) is 21.3. The van der Waals surface area contributed by atoms with Gasteiger partial charge >= 0.3 is 6.18 Å². The Kier molecular flexibility index (Phi) is 7.31. The summed E-state index contributed by atoms with van der Waals surface area (Å²) >= 11 is 12.3. The van der Waals surface area contributed by atoms with Crippen molar-refractivity contribution in [3.05, 3.63) is 99.6 Å². The molecule has 0 aliphatic heterocycles. The van der Waals surface area contributed by atoms with Crippen LogP contribution in [0.2, 0.25) is 10.0 Å². The highest BCUT2D eigenvalue weighted by Gasteiger charge is 2.32. The minimum atomic E-state index is -4.55. The highest BCUT2D eigenvalue weighted by atomic mass is 35.5. The molecule has 14 heteroatoms. The summed E-state index contributed by atoms with van der Waals surface area (Å²) in [5, 5.41) is 21.5. The van der Waals surface area contributed by atoms with Crippen LogP contribution >= 0.6 is 23.2 Å². The molecule has 0 radical (unpaired) electrons. The second-order valence-corrected chi connectivity index (χ2v) is 9.24. The summed E-state index contributed by atoms with van der Waals surface area (Å²) in [5.41, 5.74) is 2.35. The average molecular weight is 573 g/mol. The second-order valence-electron chi connectivity index (χ2n) is 8.37. The van der Waals surface area contributed by atoms with Gasteiger partial charge in [0.15, 0.2) is 5.82 Å². The molecule has 5 rings (SSSR count). The zero-order chi connectivity index (χ0) is 27.6. The summed E-state index contributed by atoms with van der Waals surface area (Å²) < 4.78 is 40.8. The molecular formula is C25H17Cl2F3N8O. The van der Waals surface area contributed by atoms with Gasteiger partial charge in [0.05, 0.1) is 24.5 Å². The fourth-order valence-corrected chi connectivity index (χ4v) is 4.30. The van der Waals surface area contributed by atoms with Crippen molar-refractivity contribution < 1.29 is 18.0 Å². The Morgan fingerprint density at radius 1 is 0.974 bits per heavy atom. The van der Waals surface area contributed by atoms with E-state index in [4.69, 9.17) is 23.2 Å². The van der Waals surface area contributed by atoms with Crippen LogP contribution in [0.15, 0.2) is 66.9 Å². The molecule has 0 saturated heterocycles. The molecule has 0 atom stereocenters. The van der Waals surface area contributed by atoms with Crippen molar-refractivity contribution in [3.63, 3.8) is 0 Å². The number of hydrogen-bond donors (Lipinski definition) is 2. The molecule has 198 valence electrons. The SMILES string of the molecule is O=C(NCc1nn[nH]n1)c1ccc(Cn2nc(-c3cc(Cl)cc(Cl)c3)cc2-c2ccc(C(F)(F)F)nc2)cc1. The summed E-state index contributed by atoms with van der Waals surface area (Å²) in [6, 6.07) is 15.8. The molecule has 9 nitrogen and oxygen atoms in total. The van der Waals surface area contributed by atoms with Crippen LogP contribution in [0.3, 0.4) is 0 Å². The molecule has 0 fully saturated rings. The number of aromatic nitrogens is 7. The number of amides is 1. The molecule has 1 amide bonds. The molecule has 3 aromatic heterocycles. The van der Waals surface area contributed by atoms with Gasteiger partial charge in [-0.05, 0) is 54.1 Å². The topological polar surface area (TPSA) is 114 Å². The highest BCUT2D eigenvalue weighted by Crippen LogP contribution is 2.32. The third-order valence-electron chi connectivity index (χ3n) is 5.63. The summed E-state index contributed by atoms with van der Waals surface area (Å²) in [6.45, 7) is 0.376. The molecular weight excluding hydrogens is 556 g/mol. The number of hydrogen-bond acceptors (Lipinski definition) is 6. The van der Waals surface area contributed by atoms with Gasteiger partial charge in [-0.3, -0.25) is 14.5 Å². The van der Waals surface area contributed by atoms with Crippen LogP contribution in [0.25, 0.3) is 22.5 Å². The van der Waals surface area contributed by atoms with Gasteiger partial charge in [0.2, 0.25) is 0 Å². The molecule has 5 aromatic rings. The fraction of sp³-hybridized carbons (Fsp3) is 0.120. The van der Waals surface area contributed by atoms with Gasteiger partial charge in [0.25, 0.3) is 5.91 Å². The van der Waals surface area contributed by atoms with Gasteiger partial charge in [-0.15, -0.1) is 10.2 Å². The maximum atomic E-state index is 13.1. The van der Waals surface area contributed by atoms with E-state index in [0.29, 0.717) is 43.9 Å².